The van der Waals surface area contributed by atoms with Gasteiger partial charge in [0.1, 0.15) is 17.8 Å². The Hall–Kier alpha value is -2.59. The van der Waals surface area contributed by atoms with Crippen molar-refractivity contribution in [3.8, 4) is 0 Å². The summed E-state index contributed by atoms with van der Waals surface area (Å²) < 4.78 is 2.48. The van der Waals surface area contributed by atoms with Gasteiger partial charge in [-0.1, -0.05) is 11.6 Å². The van der Waals surface area contributed by atoms with E-state index in [1.807, 2.05) is 30.1 Å². The number of piperazine rings is 1. The molecule has 186 valence electrons. The van der Waals surface area contributed by atoms with E-state index in [1.165, 1.54) is 17.7 Å². The van der Waals surface area contributed by atoms with Crippen molar-refractivity contribution in [2.45, 2.75) is 30.7 Å². The van der Waals surface area contributed by atoms with Crippen LogP contribution in [0, 0.1) is 0 Å². The molecule has 2 fully saturated rings. The zero-order valence-electron chi connectivity index (χ0n) is 20.1. The summed E-state index contributed by atoms with van der Waals surface area (Å²) in [6.45, 7) is 6.76. The number of anilines is 2. The second-order valence-corrected chi connectivity index (χ2v) is 11.3. The topological polar surface area (TPSA) is 63.3 Å². The van der Waals surface area contributed by atoms with Gasteiger partial charge in [-0.25, -0.2) is 14.3 Å². The summed E-state index contributed by atoms with van der Waals surface area (Å²) in [6, 6.07) is 15.1. The van der Waals surface area contributed by atoms with Crippen molar-refractivity contribution >= 4 is 74.3 Å². The van der Waals surface area contributed by atoms with Crippen LogP contribution in [0.2, 0.25) is 5.02 Å². The highest BCUT2D eigenvalue weighted by Gasteiger charge is 2.24. The van der Waals surface area contributed by atoms with E-state index in [9.17, 15) is 0 Å². The first-order valence-corrected chi connectivity index (χ1v) is 13.9. The average Bonchev–Trinajstić information content (AvgIpc) is 3.47. The van der Waals surface area contributed by atoms with Gasteiger partial charge in [0, 0.05) is 65.3 Å². The molecule has 0 saturated carbocycles. The highest BCUT2D eigenvalue weighted by atomic mass is 35.5. The molecule has 36 heavy (non-hydrogen) atoms. The highest BCUT2D eigenvalue weighted by molar-refractivity contribution is 7.97. The number of nitrogens with zero attached hydrogens (tertiary/aromatic N) is 5. The number of hydrogen-bond acceptors (Lipinski definition) is 6. The molecule has 10 heteroatoms. The van der Waals surface area contributed by atoms with Gasteiger partial charge in [0.2, 0.25) is 0 Å². The molecule has 0 spiro atoms. The quantitative estimate of drug-likeness (QED) is 0.251. The van der Waals surface area contributed by atoms with Gasteiger partial charge >= 0.3 is 0 Å². The molecular formula is C26H28ClN7S2. The van der Waals surface area contributed by atoms with E-state index in [0.717, 1.165) is 71.3 Å². The molecule has 0 aliphatic carbocycles. The lowest BCUT2D eigenvalue weighted by Crippen LogP contribution is -2.50. The summed E-state index contributed by atoms with van der Waals surface area (Å²) >= 11 is 13.9. The van der Waals surface area contributed by atoms with E-state index < -0.39 is 0 Å². The Balaban J connectivity index is 1.10. The van der Waals surface area contributed by atoms with Gasteiger partial charge in [0.25, 0.3) is 0 Å². The van der Waals surface area contributed by atoms with Crippen LogP contribution in [0.25, 0.3) is 21.9 Å². The first kappa shape index (κ1) is 23.8. The molecule has 2 aliphatic heterocycles. The molecule has 2 saturated heterocycles. The number of aromatic amines is 1. The highest BCUT2D eigenvalue weighted by Crippen LogP contribution is 2.33. The van der Waals surface area contributed by atoms with Crippen LogP contribution >= 0.6 is 35.8 Å². The lowest BCUT2D eigenvalue weighted by Gasteiger charge is -2.37. The minimum Gasteiger partial charge on any atom is -0.352 e. The second-order valence-electron chi connectivity index (χ2n) is 9.39. The molecule has 0 radical (unpaired) electrons. The van der Waals surface area contributed by atoms with Crippen LogP contribution in [-0.4, -0.2) is 68.0 Å². The third-order valence-corrected chi connectivity index (χ3v) is 8.87. The van der Waals surface area contributed by atoms with Gasteiger partial charge in [-0.3, -0.25) is 0 Å². The molecule has 4 heterocycles. The predicted molar refractivity (Wildman–Crippen MR) is 154 cm³/mol. The third kappa shape index (κ3) is 4.72. The summed E-state index contributed by atoms with van der Waals surface area (Å²) in [6.07, 6.45) is 4.19. The van der Waals surface area contributed by atoms with E-state index in [1.54, 1.807) is 6.33 Å². The van der Waals surface area contributed by atoms with Crippen LogP contribution in [0.15, 0.2) is 53.7 Å². The monoisotopic (exact) mass is 537 g/mol. The SMILES string of the molecule is CC1CCCN1Sc1ccc(NC(=S)N2CCN(c3ncnc4[nH]c5ccc(Cl)cc5c34)CC2)cc1. The molecule has 7 nitrogen and oxygen atoms in total. The molecule has 2 aliphatic rings. The van der Waals surface area contributed by atoms with E-state index >= 15 is 0 Å². The smallest absolute Gasteiger partial charge is 0.173 e. The fourth-order valence-electron chi connectivity index (χ4n) is 5.02. The van der Waals surface area contributed by atoms with Gasteiger partial charge in [-0.15, -0.1) is 0 Å². The summed E-state index contributed by atoms with van der Waals surface area (Å²) in [5.74, 6) is 0.937. The normalized spacial score (nSPS) is 18.9. The number of benzene rings is 2. The lowest BCUT2D eigenvalue weighted by molar-refractivity contribution is 0.390. The Morgan fingerprint density at radius 3 is 2.64 bits per heavy atom. The molecule has 2 N–H and O–H groups in total. The Morgan fingerprint density at radius 1 is 1.08 bits per heavy atom. The van der Waals surface area contributed by atoms with Crippen LogP contribution in [0.1, 0.15) is 19.8 Å². The molecule has 0 amide bonds. The molecule has 6 rings (SSSR count). The zero-order valence-corrected chi connectivity index (χ0v) is 22.5. The number of halogens is 1. The number of nitrogens with one attached hydrogen (secondary N) is 2. The molecular weight excluding hydrogens is 510 g/mol. The van der Waals surface area contributed by atoms with E-state index in [2.05, 4.69) is 65.6 Å². The predicted octanol–water partition coefficient (Wildman–Crippen LogP) is 5.77. The maximum atomic E-state index is 6.29. The minimum atomic E-state index is 0.645. The third-order valence-electron chi connectivity index (χ3n) is 7.02. The van der Waals surface area contributed by atoms with Crippen LogP contribution in [0.3, 0.4) is 0 Å². The zero-order chi connectivity index (χ0) is 24.6. The Kier molecular flexibility index (Phi) is 6.64. The number of fused-ring (bicyclic) bond motifs is 3. The Labute approximate surface area is 225 Å². The first-order chi connectivity index (χ1) is 17.5. The molecule has 1 unspecified atom stereocenters. The summed E-state index contributed by atoms with van der Waals surface area (Å²) in [7, 11) is 0. The maximum Gasteiger partial charge on any atom is 0.173 e. The van der Waals surface area contributed by atoms with E-state index in [4.69, 9.17) is 23.8 Å². The molecule has 2 aromatic heterocycles. The van der Waals surface area contributed by atoms with Crippen molar-refractivity contribution in [2.75, 3.05) is 42.9 Å². The largest absolute Gasteiger partial charge is 0.352 e. The van der Waals surface area contributed by atoms with Crippen LogP contribution in [-0.2, 0) is 0 Å². The van der Waals surface area contributed by atoms with Crippen molar-refractivity contribution in [3.05, 3.63) is 53.8 Å². The minimum absolute atomic E-state index is 0.645. The van der Waals surface area contributed by atoms with Gasteiger partial charge in [0.15, 0.2) is 5.11 Å². The summed E-state index contributed by atoms with van der Waals surface area (Å²) in [5, 5.41) is 6.96. The lowest BCUT2D eigenvalue weighted by atomic mass is 10.2. The van der Waals surface area contributed by atoms with Gasteiger partial charge in [-0.05, 0) is 86.4 Å². The van der Waals surface area contributed by atoms with Crippen molar-refractivity contribution in [1.29, 1.82) is 0 Å². The average molecular weight is 538 g/mol. The maximum absolute atomic E-state index is 6.29. The number of aromatic nitrogens is 3. The molecule has 4 aromatic rings. The Bertz CT molecular complexity index is 1400. The fraction of sp³-hybridized carbons (Fsp3) is 0.346. The molecule has 0 bridgehead atoms. The van der Waals surface area contributed by atoms with Crippen LogP contribution in [0.5, 0.6) is 0 Å². The van der Waals surface area contributed by atoms with Crippen molar-refractivity contribution in [1.82, 2.24) is 24.2 Å². The number of hydrogen-bond donors (Lipinski definition) is 2. The fourth-order valence-corrected chi connectivity index (χ4v) is 6.53. The molecule has 2 aromatic carbocycles. The van der Waals surface area contributed by atoms with Gasteiger partial charge < -0.3 is 20.1 Å². The van der Waals surface area contributed by atoms with Gasteiger partial charge in [0.05, 0.1) is 5.39 Å². The van der Waals surface area contributed by atoms with Crippen LogP contribution in [0.4, 0.5) is 11.5 Å². The van der Waals surface area contributed by atoms with Crippen molar-refractivity contribution < 1.29 is 0 Å². The number of H-pyrrole nitrogens is 1. The molecule has 1 atom stereocenters. The van der Waals surface area contributed by atoms with Crippen molar-refractivity contribution in [2.24, 2.45) is 0 Å². The standard InChI is InChI=1S/C26H28ClN7S2/c1-17-3-2-10-34(17)36-20-7-5-19(6-8-20)30-26(35)33-13-11-32(12-14-33)25-23-21-15-18(27)4-9-22(21)31-24(23)28-16-29-25/h4-9,15-17H,2-3,10-14H2,1H3,(H,30,35)(H,28,29,31). The summed E-state index contributed by atoms with van der Waals surface area (Å²) in [4.78, 5) is 18.3. The number of thiocarbonyl (C=S) groups is 1. The van der Waals surface area contributed by atoms with Gasteiger partial charge in [-0.2, -0.15) is 0 Å². The number of rotatable bonds is 4. The van der Waals surface area contributed by atoms with E-state index in [-0.39, 0.29) is 0 Å². The van der Waals surface area contributed by atoms with Crippen LogP contribution < -0.4 is 10.2 Å². The first-order valence-electron chi connectivity index (χ1n) is 12.3. The van der Waals surface area contributed by atoms with Crippen molar-refractivity contribution in [3.63, 3.8) is 0 Å². The summed E-state index contributed by atoms with van der Waals surface area (Å²) in [5.41, 5.74) is 2.87. The van der Waals surface area contributed by atoms with E-state index in [0.29, 0.717) is 11.1 Å². The second kappa shape index (κ2) is 10.0. The Morgan fingerprint density at radius 2 is 1.89 bits per heavy atom.